The Balaban J connectivity index is 1.66. The SMILES string of the molecule is N#Cc1nonc1C(=O)N1CC(=O)N2CCc3ccccc3C2C1. The fourth-order valence-corrected chi connectivity index (χ4v) is 3.38. The van der Waals surface area contributed by atoms with Gasteiger partial charge >= 0.3 is 0 Å². The molecule has 1 aromatic heterocycles. The maximum absolute atomic E-state index is 12.6. The minimum absolute atomic E-state index is 0.0325. The lowest BCUT2D eigenvalue weighted by atomic mass is 9.90. The number of hydrogen-bond acceptors (Lipinski definition) is 6. The van der Waals surface area contributed by atoms with E-state index < -0.39 is 5.91 Å². The number of amides is 2. The highest BCUT2D eigenvalue weighted by Crippen LogP contribution is 2.33. The number of fused-ring (bicyclic) bond motifs is 3. The predicted octanol–water partition coefficient (Wildman–Crippen LogP) is 0.523. The third kappa shape index (κ3) is 2.13. The van der Waals surface area contributed by atoms with Gasteiger partial charge in [-0.15, -0.1) is 0 Å². The molecule has 8 nitrogen and oxygen atoms in total. The molecule has 2 aromatic rings. The minimum Gasteiger partial charge on any atom is -0.332 e. The van der Waals surface area contributed by atoms with Crippen LogP contribution in [0.4, 0.5) is 0 Å². The second kappa shape index (κ2) is 5.45. The van der Waals surface area contributed by atoms with Crippen LogP contribution in [0.15, 0.2) is 28.9 Å². The standard InChI is InChI=1S/C16H13N5O3/c17-7-12-15(19-24-18-12)16(23)20-8-13-11-4-2-1-3-10(11)5-6-21(13)14(22)9-20/h1-4,13H,5-6,8-9H2. The summed E-state index contributed by atoms with van der Waals surface area (Å²) in [7, 11) is 0. The lowest BCUT2D eigenvalue weighted by Crippen LogP contribution is -2.55. The highest BCUT2D eigenvalue weighted by Gasteiger charge is 2.39. The number of rotatable bonds is 1. The zero-order chi connectivity index (χ0) is 16.7. The third-order valence-corrected chi connectivity index (χ3v) is 4.54. The summed E-state index contributed by atoms with van der Waals surface area (Å²) >= 11 is 0. The zero-order valence-corrected chi connectivity index (χ0v) is 12.7. The number of carbonyl (C=O) groups is 2. The number of benzene rings is 1. The van der Waals surface area contributed by atoms with Gasteiger partial charge in [0.1, 0.15) is 12.6 Å². The van der Waals surface area contributed by atoms with Gasteiger partial charge in [-0.1, -0.05) is 24.3 Å². The fourth-order valence-electron chi connectivity index (χ4n) is 3.38. The normalized spacial score (nSPS) is 19.5. The number of hydrogen-bond donors (Lipinski definition) is 0. The van der Waals surface area contributed by atoms with Crippen LogP contribution in [0.25, 0.3) is 0 Å². The van der Waals surface area contributed by atoms with E-state index in [1.54, 1.807) is 6.07 Å². The van der Waals surface area contributed by atoms with Crippen LogP contribution in [-0.2, 0) is 11.2 Å². The molecule has 3 heterocycles. The van der Waals surface area contributed by atoms with Gasteiger partial charge in [0.05, 0.1) is 6.04 Å². The molecule has 8 heteroatoms. The van der Waals surface area contributed by atoms with Crippen LogP contribution in [0, 0.1) is 11.3 Å². The molecule has 24 heavy (non-hydrogen) atoms. The zero-order valence-electron chi connectivity index (χ0n) is 12.7. The van der Waals surface area contributed by atoms with Crippen molar-refractivity contribution in [3.05, 3.63) is 46.8 Å². The highest BCUT2D eigenvalue weighted by atomic mass is 16.6. The van der Waals surface area contributed by atoms with Gasteiger partial charge in [-0.2, -0.15) is 5.26 Å². The Morgan fingerprint density at radius 3 is 3.00 bits per heavy atom. The molecule has 0 aliphatic carbocycles. The predicted molar refractivity (Wildman–Crippen MR) is 79.5 cm³/mol. The first-order valence-electron chi connectivity index (χ1n) is 7.58. The van der Waals surface area contributed by atoms with Crippen molar-refractivity contribution in [2.45, 2.75) is 12.5 Å². The number of nitrogens with zero attached hydrogens (tertiary/aromatic N) is 5. The van der Waals surface area contributed by atoms with Crippen LogP contribution in [0.1, 0.15) is 33.4 Å². The van der Waals surface area contributed by atoms with Crippen molar-refractivity contribution in [3.63, 3.8) is 0 Å². The Bertz CT molecular complexity index is 869. The average Bonchev–Trinajstić information content (AvgIpc) is 3.09. The fraction of sp³-hybridized carbons (Fsp3) is 0.312. The van der Waals surface area contributed by atoms with Crippen LogP contribution < -0.4 is 0 Å². The molecule has 2 amide bonds. The summed E-state index contributed by atoms with van der Waals surface area (Å²) in [5.41, 5.74) is 1.94. The van der Waals surface area contributed by atoms with Crippen molar-refractivity contribution in [2.24, 2.45) is 0 Å². The van der Waals surface area contributed by atoms with E-state index >= 15 is 0 Å². The van der Waals surface area contributed by atoms with Crippen molar-refractivity contribution in [3.8, 4) is 6.07 Å². The van der Waals surface area contributed by atoms with Gasteiger partial charge in [0.15, 0.2) is 0 Å². The van der Waals surface area contributed by atoms with E-state index in [4.69, 9.17) is 5.26 Å². The lowest BCUT2D eigenvalue weighted by molar-refractivity contribution is -0.139. The smallest absolute Gasteiger partial charge is 0.279 e. The average molecular weight is 323 g/mol. The summed E-state index contributed by atoms with van der Waals surface area (Å²) in [6, 6.07) is 9.54. The van der Waals surface area contributed by atoms with Crippen LogP contribution in [0.3, 0.4) is 0 Å². The second-order valence-electron chi connectivity index (χ2n) is 5.81. The number of aromatic nitrogens is 2. The summed E-state index contributed by atoms with van der Waals surface area (Å²) in [6.45, 7) is 0.978. The maximum atomic E-state index is 12.6. The van der Waals surface area contributed by atoms with Crippen molar-refractivity contribution in [2.75, 3.05) is 19.6 Å². The molecule has 0 bridgehead atoms. The molecule has 0 saturated carbocycles. The molecule has 0 N–H and O–H groups in total. The van der Waals surface area contributed by atoms with Crippen LogP contribution in [0.2, 0.25) is 0 Å². The van der Waals surface area contributed by atoms with Crippen LogP contribution in [-0.4, -0.2) is 51.6 Å². The Hall–Kier alpha value is -3.21. The molecule has 1 unspecified atom stereocenters. The van der Waals surface area contributed by atoms with E-state index in [9.17, 15) is 9.59 Å². The van der Waals surface area contributed by atoms with Crippen LogP contribution in [0.5, 0.6) is 0 Å². The second-order valence-corrected chi connectivity index (χ2v) is 5.81. The van der Waals surface area contributed by atoms with Crippen molar-refractivity contribution >= 4 is 11.8 Å². The van der Waals surface area contributed by atoms with Crippen molar-refractivity contribution in [1.82, 2.24) is 20.1 Å². The molecule has 1 aromatic carbocycles. The van der Waals surface area contributed by atoms with Crippen molar-refractivity contribution < 1.29 is 14.2 Å². The molecule has 2 aliphatic rings. The van der Waals surface area contributed by atoms with Gasteiger partial charge in [0.25, 0.3) is 5.91 Å². The van der Waals surface area contributed by atoms with Gasteiger partial charge in [-0.25, -0.2) is 4.63 Å². The third-order valence-electron chi connectivity index (χ3n) is 4.54. The van der Waals surface area contributed by atoms with Gasteiger partial charge in [0, 0.05) is 13.1 Å². The molecule has 2 aliphatic heterocycles. The maximum Gasteiger partial charge on any atom is 0.279 e. The Morgan fingerprint density at radius 1 is 1.33 bits per heavy atom. The Morgan fingerprint density at radius 2 is 2.17 bits per heavy atom. The van der Waals surface area contributed by atoms with E-state index in [2.05, 4.69) is 14.9 Å². The van der Waals surface area contributed by atoms with Gasteiger partial charge in [-0.3, -0.25) is 9.59 Å². The van der Waals surface area contributed by atoms with Crippen molar-refractivity contribution in [1.29, 1.82) is 5.26 Å². The van der Waals surface area contributed by atoms with E-state index in [0.29, 0.717) is 13.1 Å². The van der Waals surface area contributed by atoms with Crippen LogP contribution >= 0.6 is 0 Å². The molecule has 1 atom stereocenters. The number of nitriles is 1. The van der Waals surface area contributed by atoms with E-state index in [1.807, 2.05) is 29.2 Å². The van der Waals surface area contributed by atoms with Gasteiger partial charge in [0.2, 0.25) is 17.3 Å². The van der Waals surface area contributed by atoms with E-state index in [1.165, 1.54) is 10.5 Å². The first-order valence-corrected chi connectivity index (χ1v) is 7.58. The highest BCUT2D eigenvalue weighted by molar-refractivity contribution is 5.97. The molecule has 1 saturated heterocycles. The molecule has 0 spiro atoms. The van der Waals surface area contributed by atoms with Gasteiger partial charge in [-0.05, 0) is 27.9 Å². The minimum atomic E-state index is -0.510. The summed E-state index contributed by atoms with van der Waals surface area (Å²) in [6.07, 6.45) is 0.818. The first-order chi connectivity index (χ1) is 11.7. The molecule has 4 rings (SSSR count). The summed E-state index contributed by atoms with van der Waals surface area (Å²) < 4.78 is 4.47. The Labute approximate surface area is 137 Å². The first kappa shape index (κ1) is 14.4. The quantitative estimate of drug-likeness (QED) is 0.758. The summed E-state index contributed by atoms with van der Waals surface area (Å²) in [5.74, 6) is -0.618. The summed E-state index contributed by atoms with van der Waals surface area (Å²) in [5, 5.41) is 15.9. The molecule has 0 radical (unpaired) electrons. The molecule has 1 fully saturated rings. The number of carbonyl (C=O) groups excluding carboxylic acids is 2. The molecular weight excluding hydrogens is 310 g/mol. The monoisotopic (exact) mass is 323 g/mol. The Kier molecular flexibility index (Phi) is 3.27. The molecular formula is C16H13N5O3. The number of piperazine rings is 1. The topological polar surface area (TPSA) is 103 Å². The molecule has 120 valence electrons. The van der Waals surface area contributed by atoms with Gasteiger partial charge < -0.3 is 9.80 Å². The van der Waals surface area contributed by atoms with E-state index in [-0.39, 0.29) is 29.9 Å². The summed E-state index contributed by atoms with van der Waals surface area (Å²) in [4.78, 5) is 28.3. The lowest BCUT2D eigenvalue weighted by Gasteiger charge is -2.44. The van der Waals surface area contributed by atoms with E-state index in [0.717, 1.165) is 12.0 Å². The largest absolute Gasteiger partial charge is 0.332 e.